The molecule has 0 heterocycles. The van der Waals surface area contributed by atoms with Crippen molar-refractivity contribution >= 4 is 0 Å². The molecule has 0 aliphatic heterocycles. The Balaban J connectivity index is 2.81. The number of nitrogens with zero attached hydrogens (tertiary/aromatic N) is 1. The van der Waals surface area contributed by atoms with Gasteiger partial charge in [-0.15, -0.1) is 0 Å². The van der Waals surface area contributed by atoms with Crippen LogP contribution in [0.4, 0.5) is 13.2 Å². The first-order valence-electron chi connectivity index (χ1n) is 6.19. The van der Waals surface area contributed by atoms with E-state index in [1.54, 1.807) is 0 Å². The van der Waals surface area contributed by atoms with Gasteiger partial charge in [-0.05, 0) is 44.5 Å². The van der Waals surface area contributed by atoms with Crippen LogP contribution in [-0.4, -0.2) is 31.2 Å². The molecule has 1 unspecified atom stereocenters. The van der Waals surface area contributed by atoms with Gasteiger partial charge in [-0.2, -0.15) is 13.2 Å². The van der Waals surface area contributed by atoms with Crippen molar-refractivity contribution in [3.8, 4) is 0 Å². The van der Waals surface area contributed by atoms with Gasteiger partial charge in [-0.3, -0.25) is 4.90 Å². The summed E-state index contributed by atoms with van der Waals surface area (Å²) in [5, 5.41) is 0. The van der Waals surface area contributed by atoms with Crippen molar-refractivity contribution in [1.29, 1.82) is 0 Å². The summed E-state index contributed by atoms with van der Waals surface area (Å²) in [7, 11) is 1.44. The minimum absolute atomic E-state index is 0.185. The van der Waals surface area contributed by atoms with Crippen LogP contribution < -0.4 is 5.73 Å². The van der Waals surface area contributed by atoms with Crippen molar-refractivity contribution in [3.63, 3.8) is 0 Å². The van der Waals surface area contributed by atoms with Gasteiger partial charge in [0.1, 0.15) is 0 Å². The zero-order chi connectivity index (χ0) is 14.8. The SMILES string of the molecule is Cc1cc(C)c(C(N)CN(C)CC(F)(F)F)c(C)c1. The van der Waals surface area contributed by atoms with Crippen LogP contribution in [0.1, 0.15) is 28.3 Å². The Hall–Kier alpha value is -1.07. The van der Waals surface area contributed by atoms with Crippen LogP contribution in [-0.2, 0) is 0 Å². The minimum Gasteiger partial charge on any atom is -0.323 e. The summed E-state index contributed by atoms with van der Waals surface area (Å²) in [6.07, 6.45) is -4.19. The summed E-state index contributed by atoms with van der Waals surface area (Å²) in [5.41, 5.74) is 10.2. The smallest absolute Gasteiger partial charge is 0.323 e. The molecule has 0 aliphatic carbocycles. The van der Waals surface area contributed by atoms with Crippen LogP contribution in [0.15, 0.2) is 12.1 Å². The van der Waals surface area contributed by atoms with Gasteiger partial charge in [0.2, 0.25) is 0 Å². The summed E-state index contributed by atoms with van der Waals surface area (Å²) in [4.78, 5) is 1.21. The molecular weight excluding hydrogens is 253 g/mol. The maximum absolute atomic E-state index is 12.3. The molecule has 1 aromatic carbocycles. The van der Waals surface area contributed by atoms with E-state index in [0.29, 0.717) is 0 Å². The molecule has 0 saturated carbocycles. The average molecular weight is 274 g/mol. The Labute approximate surface area is 112 Å². The van der Waals surface area contributed by atoms with E-state index in [2.05, 4.69) is 0 Å². The topological polar surface area (TPSA) is 29.3 Å². The van der Waals surface area contributed by atoms with Crippen molar-refractivity contribution in [3.05, 3.63) is 34.4 Å². The van der Waals surface area contributed by atoms with Crippen molar-refractivity contribution in [1.82, 2.24) is 4.90 Å². The predicted octanol–water partition coefficient (Wildman–Crippen LogP) is 3.11. The van der Waals surface area contributed by atoms with Crippen molar-refractivity contribution in [2.45, 2.75) is 33.0 Å². The first-order chi connectivity index (χ1) is 8.60. The monoisotopic (exact) mass is 274 g/mol. The Bertz CT molecular complexity index is 418. The third-order valence-corrected chi connectivity index (χ3v) is 3.07. The highest BCUT2D eigenvalue weighted by atomic mass is 19.4. The molecule has 0 amide bonds. The van der Waals surface area contributed by atoms with Gasteiger partial charge >= 0.3 is 6.18 Å². The molecule has 0 spiro atoms. The Morgan fingerprint density at radius 1 is 1.16 bits per heavy atom. The van der Waals surface area contributed by atoms with Gasteiger partial charge in [0, 0.05) is 12.6 Å². The number of aryl methyl sites for hydroxylation is 3. The fourth-order valence-corrected chi connectivity index (χ4v) is 2.57. The van der Waals surface area contributed by atoms with Gasteiger partial charge in [0.05, 0.1) is 6.54 Å². The van der Waals surface area contributed by atoms with Gasteiger partial charge < -0.3 is 5.73 Å². The lowest BCUT2D eigenvalue weighted by atomic mass is 9.94. The summed E-state index contributed by atoms with van der Waals surface area (Å²) in [5.74, 6) is 0. The van der Waals surface area contributed by atoms with E-state index in [9.17, 15) is 13.2 Å². The van der Waals surface area contributed by atoms with Crippen LogP contribution >= 0.6 is 0 Å². The van der Waals surface area contributed by atoms with E-state index in [-0.39, 0.29) is 6.54 Å². The molecule has 0 aromatic heterocycles. The van der Waals surface area contributed by atoms with E-state index >= 15 is 0 Å². The maximum atomic E-state index is 12.3. The van der Waals surface area contributed by atoms with Crippen molar-refractivity contribution in [2.24, 2.45) is 5.73 Å². The largest absolute Gasteiger partial charge is 0.401 e. The number of hydrogen-bond acceptors (Lipinski definition) is 2. The number of nitrogens with two attached hydrogens (primary N) is 1. The number of benzene rings is 1. The first kappa shape index (κ1) is 16.0. The highest BCUT2D eigenvalue weighted by Gasteiger charge is 2.30. The van der Waals surface area contributed by atoms with Crippen LogP contribution in [0.2, 0.25) is 0 Å². The molecule has 1 aromatic rings. The molecule has 19 heavy (non-hydrogen) atoms. The number of alkyl halides is 3. The third kappa shape index (κ3) is 4.84. The quantitative estimate of drug-likeness (QED) is 0.914. The maximum Gasteiger partial charge on any atom is 0.401 e. The molecule has 0 saturated heterocycles. The fraction of sp³-hybridized carbons (Fsp3) is 0.571. The van der Waals surface area contributed by atoms with E-state index in [1.165, 1.54) is 11.9 Å². The van der Waals surface area contributed by atoms with Crippen LogP contribution in [0, 0.1) is 20.8 Å². The van der Waals surface area contributed by atoms with Gasteiger partial charge in [0.15, 0.2) is 0 Å². The van der Waals surface area contributed by atoms with Crippen LogP contribution in [0.5, 0.6) is 0 Å². The summed E-state index contributed by atoms with van der Waals surface area (Å²) < 4.78 is 36.9. The third-order valence-electron chi connectivity index (χ3n) is 3.07. The lowest BCUT2D eigenvalue weighted by Gasteiger charge is -2.25. The zero-order valence-electron chi connectivity index (χ0n) is 11.8. The number of halogens is 3. The molecule has 1 rings (SSSR count). The minimum atomic E-state index is -4.19. The van der Waals surface area contributed by atoms with E-state index in [1.807, 2.05) is 32.9 Å². The average Bonchev–Trinajstić information content (AvgIpc) is 2.10. The second-order valence-electron chi connectivity index (χ2n) is 5.23. The highest BCUT2D eigenvalue weighted by molar-refractivity contribution is 5.39. The summed E-state index contributed by atoms with van der Waals surface area (Å²) in [6.45, 7) is 5.12. The molecule has 5 heteroatoms. The van der Waals surface area contributed by atoms with Crippen molar-refractivity contribution in [2.75, 3.05) is 20.1 Å². The van der Waals surface area contributed by atoms with E-state index in [0.717, 1.165) is 22.3 Å². The molecule has 1 atom stereocenters. The molecule has 2 N–H and O–H groups in total. The molecule has 2 nitrogen and oxygen atoms in total. The normalized spacial score (nSPS) is 13.9. The second kappa shape index (κ2) is 5.92. The number of rotatable bonds is 4. The standard InChI is InChI=1S/C14H21F3N2/c1-9-5-10(2)13(11(3)6-9)12(18)7-19(4)8-14(15,16)17/h5-6,12H,7-8,18H2,1-4H3. The summed E-state index contributed by atoms with van der Waals surface area (Å²) in [6, 6.07) is 3.60. The predicted molar refractivity (Wildman–Crippen MR) is 71.1 cm³/mol. The molecule has 108 valence electrons. The fourth-order valence-electron chi connectivity index (χ4n) is 2.57. The highest BCUT2D eigenvalue weighted by Crippen LogP contribution is 2.23. The molecule has 0 aliphatic rings. The van der Waals surface area contributed by atoms with Gasteiger partial charge in [0.25, 0.3) is 0 Å². The zero-order valence-corrected chi connectivity index (χ0v) is 11.8. The van der Waals surface area contributed by atoms with Gasteiger partial charge in [-0.1, -0.05) is 17.7 Å². The Morgan fingerprint density at radius 3 is 2.05 bits per heavy atom. The van der Waals surface area contributed by atoms with Crippen LogP contribution in [0.25, 0.3) is 0 Å². The van der Waals surface area contributed by atoms with Crippen molar-refractivity contribution < 1.29 is 13.2 Å². The summed E-state index contributed by atoms with van der Waals surface area (Å²) >= 11 is 0. The lowest BCUT2D eigenvalue weighted by molar-refractivity contribution is -0.143. The Kier molecular flexibility index (Phi) is 4.98. The molecule has 0 bridgehead atoms. The van der Waals surface area contributed by atoms with E-state index in [4.69, 9.17) is 5.73 Å². The second-order valence-corrected chi connectivity index (χ2v) is 5.23. The number of hydrogen-bond donors (Lipinski definition) is 1. The van der Waals surface area contributed by atoms with Crippen LogP contribution in [0.3, 0.4) is 0 Å². The molecular formula is C14H21F3N2. The Morgan fingerprint density at radius 2 is 1.63 bits per heavy atom. The molecule has 0 radical (unpaired) electrons. The van der Waals surface area contributed by atoms with Gasteiger partial charge in [-0.25, -0.2) is 0 Å². The number of likely N-dealkylation sites (N-methyl/N-ethyl adjacent to an activating group) is 1. The first-order valence-corrected chi connectivity index (χ1v) is 6.19. The van der Waals surface area contributed by atoms with E-state index < -0.39 is 18.8 Å². The lowest BCUT2D eigenvalue weighted by Crippen LogP contribution is -2.36. The molecule has 0 fully saturated rings.